The summed E-state index contributed by atoms with van der Waals surface area (Å²) in [6.07, 6.45) is 0. The zero-order valence-corrected chi connectivity index (χ0v) is 14.5. The van der Waals surface area contributed by atoms with Crippen LogP contribution in [0.4, 0.5) is 4.39 Å². The Balaban J connectivity index is 1.97. The Morgan fingerprint density at radius 1 is 1.21 bits per heavy atom. The molecular formula is C18H21ClFN3O. The number of halogens is 2. The van der Waals surface area contributed by atoms with E-state index in [2.05, 4.69) is 10.3 Å². The lowest BCUT2D eigenvalue weighted by atomic mass is 10.1. The molecule has 0 unspecified atom stereocenters. The molecule has 2 aromatic rings. The summed E-state index contributed by atoms with van der Waals surface area (Å²) in [5.41, 5.74) is 2.29. The van der Waals surface area contributed by atoms with Crippen molar-refractivity contribution < 1.29 is 9.50 Å². The topological polar surface area (TPSA) is 47.9 Å². The van der Waals surface area contributed by atoms with Crippen LogP contribution in [-0.2, 0) is 19.7 Å². The first-order valence-corrected chi connectivity index (χ1v) is 7.95. The molecule has 0 spiro atoms. The van der Waals surface area contributed by atoms with Crippen LogP contribution in [0.25, 0.3) is 0 Å². The van der Waals surface area contributed by atoms with Crippen LogP contribution in [0.5, 0.6) is 0 Å². The molecule has 2 N–H and O–H groups in total. The Bertz CT molecular complexity index is 704. The second-order valence-electron chi connectivity index (χ2n) is 5.47. The van der Waals surface area contributed by atoms with Gasteiger partial charge in [-0.2, -0.15) is 0 Å². The van der Waals surface area contributed by atoms with Gasteiger partial charge in [0.2, 0.25) is 0 Å². The first-order chi connectivity index (χ1) is 11.5. The summed E-state index contributed by atoms with van der Waals surface area (Å²) in [6, 6.07) is 12.4. The maximum absolute atomic E-state index is 13.4. The highest BCUT2D eigenvalue weighted by atomic mass is 35.5. The largest absolute Gasteiger partial charge is 0.392 e. The third-order valence-electron chi connectivity index (χ3n) is 3.64. The predicted molar refractivity (Wildman–Crippen MR) is 95.4 cm³/mol. The van der Waals surface area contributed by atoms with Gasteiger partial charge < -0.3 is 15.3 Å². The molecule has 0 saturated carbocycles. The number of aliphatic imine (C=N–C) groups is 1. The number of nitrogens with one attached hydrogen (secondary N) is 1. The minimum Gasteiger partial charge on any atom is -0.392 e. The van der Waals surface area contributed by atoms with Crippen molar-refractivity contribution in [2.75, 3.05) is 14.1 Å². The highest BCUT2D eigenvalue weighted by Gasteiger charge is 2.08. The van der Waals surface area contributed by atoms with Crippen molar-refractivity contribution in [2.45, 2.75) is 19.7 Å². The number of benzene rings is 2. The van der Waals surface area contributed by atoms with Gasteiger partial charge in [-0.1, -0.05) is 29.8 Å². The van der Waals surface area contributed by atoms with Crippen LogP contribution in [-0.4, -0.2) is 30.1 Å². The average molecular weight is 350 g/mol. The molecule has 4 nitrogen and oxygen atoms in total. The van der Waals surface area contributed by atoms with Crippen LogP contribution in [0.3, 0.4) is 0 Å². The molecule has 128 valence electrons. The van der Waals surface area contributed by atoms with Gasteiger partial charge in [0, 0.05) is 37.8 Å². The Labute approximate surface area is 146 Å². The van der Waals surface area contributed by atoms with E-state index in [-0.39, 0.29) is 6.61 Å². The molecule has 0 aliphatic rings. The molecule has 0 bridgehead atoms. The van der Waals surface area contributed by atoms with Gasteiger partial charge in [-0.25, -0.2) is 4.39 Å². The van der Waals surface area contributed by atoms with Gasteiger partial charge in [0.15, 0.2) is 5.96 Å². The lowest BCUT2D eigenvalue weighted by molar-refractivity contribution is 0.275. The van der Waals surface area contributed by atoms with Crippen molar-refractivity contribution in [3.05, 3.63) is 70.0 Å². The Morgan fingerprint density at radius 3 is 2.50 bits per heavy atom. The van der Waals surface area contributed by atoms with E-state index in [1.807, 2.05) is 36.2 Å². The second kappa shape index (κ2) is 8.66. The van der Waals surface area contributed by atoms with Crippen molar-refractivity contribution in [2.24, 2.45) is 4.99 Å². The SMILES string of the molecule is CN=C(NCc1ccc(F)c(CO)c1)N(C)Cc1ccc(Cl)cc1. The maximum Gasteiger partial charge on any atom is 0.193 e. The molecule has 6 heteroatoms. The summed E-state index contributed by atoms with van der Waals surface area (Å²) in [6.45, 7) is 0.859. The molecular weight excluding hydrogens is 329 g/mol. The number of nitrogens with zero attached hydrogens (tertiary/aromatic N) is 2. The van der Waals surface area contributed by atoms with Gasteiger partial charge >= 0.3 is 0 Å². The van der Waals surface area contributed by atoms with Crippen LogP contribution in [0.1, 0.15) is 16.7 Å². The normalized spacial score (nSPS) is 11.5. The number of aliphatic hydroxyl groups excluding tert-OH is 1. The van der Waals surface area contributed by atoms with Crippen LogP contribution < -0.4 is 5.32 Å². The summed E-state index contributed by atoms with van der Waals surface area (Å²) in [4.78, 5) is 6.24. The lowest BCUT2D eigenvalue weighted by Crippen LogP contribution is -2.38. The van der Waals surface area contributed by atoms with Crippen LogP contribution in [0.2, 0.25) is 5.02 Å². The summed E-state index contributed by atoms with van der Waals surface area (Å²) < 4.78 is 13.4. The highest BCUT2D eigenvalue weighted by Crippen LogP contribution is 2.12. The minimum absolute atomic E-state index is 0.291. The number of rotatable bonds is 5. The Kier molecular flexibility index (Phi) is 6.58. The maximum atomic E-state index is 13.4. The van der Waals surface area contributed by atoms with Crippen LogP contribution in [0, 0.1) is 5.82 Å². The molecule has 0 heterocycles. The fourth-order valence-electron chi connectivity index (χ4n) is 2.36. The standard InChI is InChI=1S/C18H21ClFN3O/c1-21-18(23(2)11-13-3-6-16(19)7-4-13)22-10-14-5-8-17(20)15(9-14)12-24/h3-9,24H,10-12H2,1-2H3,(H,21,22). The van der Waals surface area contributed by atoms with E-state index in [0.29, 0.717) is 23.7 Å². The van der Waals surface area contributed by atoms with Crippen molar-refractivity contribution in [3.63, 3.8) is 0 Å². The van der Waals surface area contributed by atoms with Gasteiger partial charge in [-0.05, 0) is 35.4 Å². The third-order valence-corrected chi connectivity index (χ3v) is 3.89. The van der Waals surface area contributed by atoms with Crippen LogP contribution in [0.15, 0.2) is 47.5 Å². The first kappa shape index (κ1) is 18.2. The van der Waals surface area contributed by atoms with E-state index >= 15 is 0 Å². The summed E-state index contributed by atoms with van der Waals surface area (Å²) in [7, 11) is 3.65. The molecule has 24 heavy (non-hydrogen) atoms. The van der Waals surface area contributed by atoms with E-state index in [1.165, 1.54) is 6.07 Å². The summed E-state index contributed by atoms with van der Waals surface area (Å²) in [5, 5.41) is 13.1. The molecule has 0 radical (unpaired) electrons. The van der Waals surface area contributed by atoms with Crippen molar-refractivity contribution in [3.8, 4) is 0 Å². The Morgan fingerprint density at radius 2 is 1.88 bits per heavy atom. The monoisotopic (exact) mass is 349 g/mol. The van der Waals surface area contributed by atoms with E-state index in [1.54, 1.807) is 19.2 Å². The number of guanidine groups is 1. The molecule has 0 amide bonds. The molecule has 0 atom stereocenters. The van der Waals surface area contributed by atoms with E-state index in [4.69, 9.17) is 16.7 Å². The molecule has 0 aliphatic carbocycles. The zero-order valence-electron chi connectivity index (χ0n) is 13.8. The van der Waals surface area contributed by atoms with E-state index < -0.39 is 5.82 Å². The predicted octanol–water partition coefficient (Wildman–Crippen LogP) is 3.18. The van der Waals surface area contributed by atoms with Gasteiger partial charge in [-0.3, -0.25) is 4.99 Å². The van der Waals surface area contributed by atoms with Crippen molar-refractivity contribution in [1.29, 1.82) is 0 Å². The molecule has 2 aromatic carbocycles. The van der Waals surface area contributed by atoms with Gasteiger partial charge in [-0.15, -0.1) is 0 Å². The number of hydrogen-bond donors (Lipinski definition) is 2. The van der Waals surface area contributed by atoms with E-state index in [0.717, 1.165) is 17.1 Å². The van der Waals surface area contributed by atoms with Crippen molar-refractivity contribution in [1.82, 2.24) is 10.2 Å². The summed E-state index contributed by atoms with van der Waals surface area (Å²) in [5.74, 6) is 0.324. The fraction of sp³-hybridized carbons (Fsp3) is 0.278. The number of aliphatic hydroxyl groups is 1. The summed E-state index contributed by atoms with van der Waals surface area (Å²) >= 11 is 5.90. The molecule has 2 rings (SSSR count). The molecule has 0 fully saturated rings. The molecule has 0 saturated heterocycles. The van der Waals surface area contributed by atoms with Crippen LogP contribution >= 0.6 is 11.6 Å². The van der Waals surface area contributed by atoms with Gasteiger partial charge in [0.1, 0.15) is 5.82 Å². The van der Waals surface area contributed by atoms with Crippen molar-refractivity contribution >= 4 is 17.6 Å². The smallest absolute Gasteiger partial charge is 0.193 e. The first-order valence-electron chi connectivity index (χ1n) is 7.58. The number of hydrogen-bond acceptors (Lipinski definition) is 2. The Hall–Kier alpha value is -2.11. The average Bonchev–Trinajstić information content (AvgIpc) is 2.58. The highest BCUT2D eigenvalue weighted by molar-refractivity contribution is 6.30. The van der Waals surface area contributed by atoms with Gasteiger partial charge in [0.05, 0.1) is 6.61 Å². The van der Waals surface area contributed by atoms with E-state index in [9.17, 15) is 4.39 Å². The fourth-order valence-corrected chi connectivity index (χ4v) is 2.49. The second-order valence-corrected chi connectivity index (χ2v) is 5.90. The molecule has 0 aliphatic heterocycles. The zero-order chi connectivity index (χ0) is 17.5. The minimum atomic E-state index is -0.398. The molecule has 0 aromatic heterocycles. The lowest BCUT2D eigenvalue weighted by Gasteiger charge is -2.22. The van der Waals surface area contributed by atoms with Gasteiger partial charge in [0.25, 0.3) is 0 Å². The third kappa shape index (κ3) is 4.94. The quantitative estimate of drug-likeness (QED) is 0.644.